The quantitative estimate of drug-likeness (QED) is 0.568. The standard InChI is InChI=1S/C8H15NO/c1-6-3-7(2)8(5-10)9-4-6/h4,7-10H,3,5H2,1-2H3/t7-,8-/m1/s1. The van der Waals surface area contributed by atoms with Crippen LogP contribution in [0.15, 0.2) is 11.8 Å². The van der Waals surface area contributed by atoms with Crippen molar-refractivity contribution in [1.82, 2.24) is 5.32 Å². The van der Waals surface area contributed by atoms with Crippen molar-refractivity contribution in [2.45, 2.75) is 26.3 Å². The van der Waals surface area contributed by atoms with E-state index >= 15 is 0 Å². The molecule has 0 aliphatic carbocycles. The van der Waals surface area contributed by atoms with Gasteiger partial charge in [0.05, 0.1) is 12.6 Å². The summed E-state index contributed by atoms with van der Waals surface area (Å²) in [6.07, 6.45) is 3.11. The maximum Gasteiger partial charge on any atom is 0.0635 e. The van der Waals surface area contributed by atoms with E-state index < -0.39 is 0 Å². The molecule has 2 N–H and O–H groups in total. The minimum Gasteiger partial charge on any atom is -0.394 e. The van der Waals surface area contributed by atoms with Gasteiger partial charge in [0.2, 0.25) is 0 Å². The lowest BCUT2D eigenvalue weighted by Gasteiger charge is -2.27. The molecule has 0 saturated heterocycles. The monoisotopic (exact) mass is 141 g/mol. The third kappa shape index (κ3) is 1.51. The van der Waals surface area contributed by atoms with Crippen LogP contribution in [0.5, 0.6) is 0 Å². The van der Waals surface area contributed by atoms with Gasteiger partial charge in [-0.05, 0) is 25.5 Å². The minimum atomic E-state index is 0.241. The molecule has 1 heterocycles. The molecule has 0 fully saturated rings. The van der Waals surface area contributed by atoms with E-state index in [1.54, 1.807) is 0 Å². The highest BCUT2D eigenvalue weighted by molar-refractivity contribution is 5.04. The molecule has 0 aromatic heterocycles. The SMILES string of the molecule is CC1=CN[C@H](CO)[C@H](C)C1. The van der Waals surface area contributed by atoms with E-state index in [0.29, 0.717) is 5.92 Å². The highest BCUT2D eigenvalue weighted by Crippen LogP contribution is 2.18. The molecular formula is C8H15NO. The number of aliphatic hydroxyl groups is 1. The Bertz CT molecular complexity index is 142. The average molecular weight is 141 g/mol. The molecule has 10 heavy (non-hydrogen) atoms. The normalized spacial score (nSPS) is 32.9. The zero-order valence-corrected chi connectivity index (χ0v) is 6.59. The van der Waals surface area contributed by atoms with Crippen molar-refractivity contribution in [1.29, 1.82) is 0 Å². The lowest BCUT2D eigenvalue weighted by Crippen LogP contribution is -2.37. The van der Waals surface area contributed by atoms with Crippen molar-refractivity contribution < 1.29 is 5.11 Å². The number of aliphatic hydroxyl groups excluding tert-OH is 1. The first-order valence-electron chi connectivity index (χ1n) is 3.76. The van der Waals surface area contributed by atoms with Gasteiger partial charge in [0.15, 0.2) is 0 Å². The molecule has 1 rings (SSSR count). The third-order valence-electron chi connectivity index (χ3n) is 2.07. The van der Waals surface area contributed by atoms with Gasteiger partial charge in [-0.2, -0.15) is 0 Å². The highest BCUT2D eigenvalue weighted by Gasteiger charge is 2.18. The van der Waals surface area contributed by atoms with Crippen LogP contribution in [0.2, 0.25) is 0 Å². The van der Waals surface area contributed by atoms with Crippen molar-refractivity contribution in [2.75, 3.05) is 6.61 Å². The lowest BCUT2D eigenvalue weighted by atomic mass is 9.92. The van der Waals surface area contributed by atoms with Crippen molar-refractivity contribution in [2.24, 2.45) is 5.92 Å². The van der Waals surface area contributed by atoms with Gasteiger partial charge < -0.3 is 10.4 Å². The molecule has 58 valence electrons. The van der Waals surface area contributed by atoms with Crippen LogP contribution in [0, 0.1) is 5.92 Å². The van der Waals surface area contributed by atoms with Crippen LogP contribution in [-0.2, 0) is 0 Å². The minimum absolute atomic E-state index is 0.241. The van der Waals surface area contributed by atoms with Crippen LogP contribution in [-0.4, -0.2) is 17.8 Å². The Balaban J connectivity index is 2.52. The van der Waals surface area contributed by atoms with Gasteiger partial charge in [-0.1, -0.05) is 12.5 Å². The Kier molecular flexibility index (Phi) is 2.33. The molecule has 0 unspecified atom stereocenters. The largest absolute Gasteiger partial charge is 0.394 e. The van der Waals surface area contributed by atoms with Crippen LogP contribution in [0.1, 0.15) is 20.3 Å². The van der Waals surface area contributed by atoms with E-state index in [9.17, 15) is 0 Å². The number of rotatable bonds is 1. The Morgan fingerprint density at radius 1 is 1.80 bits per heavy atom. The van der Waals surface area contributed by atoms with Crippen LogP contribution in [0.4, 0.5) is 0 Å². The van der Waals surface area contributed by atoms with Gasteiger partial charge in [-0.3, -0.25) is 0 Å². The summed E-state index contributed by atoms with van der Waals surface area (Å²) < 4.78 is 0. The lowest BCUT2D eigenvalue weighted by molar-refractivity contribution is 0.209. The van der Waals surface area contributed by atoms with Gasteiger partial charge >= 0.3 is 0 Å². The predicted octanol–water partition coefficient (Wildman–Crippen LogP) is 0.881. The second-order valence-corrected chi connectivity index (χ2v) is 3.13. The maximum absolute atomic E-state index is 8.86. The fourth-order valence-electron chi connectivity index (χ4n) is 1.36. The molecule has 1 aliphatic rings. The first-order valence-corrected chi connectivity index (χ1v) is 3.76. The fraction of sp³-hybridized carbons (Fsp3) is 0.750. The summed E-state index contributed by atoms with van der Waals surface area (Å²) in [5.41, 5.74) is 1.37. The topological polar surface area (TPSA) is 32.3 Å². The summed E-state index contributed by atoms with van der Waals surface area (Å²) >= 11 is 0. The van der Waals surface area contributed by atoms with Crippen LogP contribution < -0.4 is 5.32 Å². The van der Waals surface area contributed by atoms with Gasteiger partial charge in [0, 0.05) is 0 Å². The molecule has 0 aromatic rings. The Morgan fingerprint density at radius 2 is 2.50 bits per heavy atom. The van der Waals surface area contributed by atoms with E-state index in [-0.39, 0.29) is 12.6 Å². The predicted molar refractivity (Wildman–Crippen MR) is 41.5 cm³/mol. The van der Waals surface area contributed by atoms with E-state index in [4.69, 9.17) is 5.11 Å². The molecule has 0 aromatic carbocycles. The summed E-state index contributed by atoms with van der Waals surface area (Å²) in [5, 5.41) is 12.0. The Morgan fingerprint density at radius 3 is 3.00 bits per heavy atom. The summed E-state index contributed by atoms with van der Waals surface area (Å²) in [4.78, 5) is 0. The second-order valence-electron chi connectivity index (χ2n) is 3.13. The maximum atomic E-state index is 8.86. The first kappa shape index (κ1) is 7.61. The van der Waals surface area contributed by atoms with Gasteiger partial charge in [-0.15, -0.1) is 0 Å². The van der Waals surface area contributed by atoms with Crippen LogP contribution >= 0.6 is 0 Å². The second kappa shape index (κ2) is 3.06. The van der Waals surface area contributed by atoms with Gasteiger partial charge in [0.25, 0.3) is 0 Å². The average Bonchev–Trinajstić information content (AvgIpc) is 1.88. The molecule has 0 bridgehead atoms. The van der Waals surface area contributed by atoms with Crippen molar-refractivity contribution in [3.8, 4) is 0 Å². The molecule has 0 radical (unpaired) electrons. The summed E-state index contributed by atoms with van der Waals surface area (Å²) in [5.74, 6) is 0.565. The molecule has 0 amide bonds. The summed E-state index contributed by atoms with van der Waals surface area (Å²) in [6, 6.07) is 0.267. The smallest absolute Gasteiger partial charge is 0.0635 e. The fourth-order valence-corrected chi connectivity index (χ4v) is 1.36. The number of hydrogen-bond acceptors (Lipinski definition) is 2. The molecule has 1 aliphatic heterocycles. The highest BCUT2D eigenvalue weighted by atomic mass is 16.3. The molecule has 2 heteroatoms. The van der Waals surface area contributed by atoms with Crippen molar-refractivity contribution in [3.05, 3.63) is 11.8 Å². The zero-order valence-electron chi connectivity index (χ0n) is 6.59. The van der Waals surface area contributed by atoms with Gasteiger partial charge in [0.1, 0.15) is 0 Å². The number of nitrogens with one attached hydrogen (secondary N) is 1. The third-order valence-corrected chi connectivity index (χ3v) is 2.07. The number of allylic oxidation sites excluding steroid dienone is 1. The molecular weight excluding hydrogens is 126 g/mol. The van der Waals surface area contributed by atoms with Crippen LogP contribution in [0.25, 0.3) is 0 Å². The number of hydrogen-bond donors (Lipinski definition) is 2. The zero-order chi connectivity index (χ0) is 7.56. The summed E-state index contributed by atoms with van der Waals surface area (Å²) in [6.45, 7) is 4.51. The Labute approximate surface area is 61.9 Å². The molecule has 2 atom stereocenters. The van der Waals surface area contributed by atoms with Crippen LogP contribution in [0.3, 0.4) is 0 Å². The van der Waals surface area contributed by atoms with Gasteiger partial charge in [-0.25, -0.2) is 0 Å². The summed E-state index contributed by atoms with van der Waals surface area (Å²) in [7, 11) is 0. The molecule has 0 spiro atoms. The molecule has 0 saturated carbocycles. The van der Waals surface area contributed by atoms with Crippen molar-refractivity contribution >= 4 is 0 Å². The van der Waals surface area contributed by atoms with E-state index in [1.165, 1.54) is 5.57 Å². The van der Waals surface area contributed by atoms with E-state index in [0.717, 1.165) is 6.42 Å². The Hall–Kier alpha value is -0.500. The first-order chi connectivity index (χ1) is 4.74. The molecule has 2 nitrogen and oxygen atoms in total. The van der Waals surface area contributed by atoms with E-state index in [1.807, 2.05) is 6.20 Å². The van der Waals surface area contributed by atoms with Crippen molar-refractivity contribution in [3.63, 3.8) is 0 Å². The van der Waals surface area contributed by atoms with E-state index in [2.05, 4.69) is 19.2 Å².